The van der Waals surface area contributed by atoms with Gasteiger partial charge in [0, 0.05) is 0 Å². The number of hydrogen-bond acceptors (Lipinski definition) is 5. The Balaban J connectivity index is 1.98. The van der Waals surface area contributed by atoms with E-state index in [1.165, 1.54) is 10.6 Å². The Kier molecular flexibility index (Phi) is 7.31. The van der Waals surface area contributed by atoms with E-state index in [9.17, 15) is 8.42 Å². The molecule has 3 aromatic rings. The lowest BCUT2D eigenvalue weighted by Gasteiger charge is -2.20. The van der Waals surface area contributed by atoms with E-state index in [1.54, 1.807) is 72.8 Å². The van der Waals surface area contributed by atoms with Crippen molar-refractivity contribution in [1.82, 2.24) is 0 Å². The quantitative estimate of drug-likeness (QED) is 0.334. The Morgan fingerprint density at radius 3 is 1.84 bits per heavy atom. The maximum Gasteiger partial charge on any atom is 0.269 e. The number of aryl methyl sites for hydroxylation is 1. The summed E-state index contributed by atoms with van der Waals surface area (Å²) in [6.07, 6.45) is 1.32. The van der Waals surface area contributed by atoms with E-state index >= 15 is 0 Å². The highest BCUT2D eigenvalue weighted by Gasteiger charge is 2.24. The molecule has 0 saturated carbocycles. The van der Waals surface area contributed by atoms with E-state index in [1.807, 2.05) is 20.8 Å². The molecule has 0 aliphatic rings. The highest BCUT2D eigenvalue weighted by atomic mass is 32.2. The minimum absolute atomic E-state index is 0.185. The molecule has 0 N–H and O–H groups in total. The van der Waals surface area contributed by atoms with Gasteiger partial charge < -0.3 is 9.47 Å². The number of rotatable bonds is 9. The van der Waals surface area contributed by atoms with Gasteiger partial charge in [-0.05, 0) is 81.4 Å². The van der Waals surface area contributed by atoms with Crippen LogP contribution >= 0.6 is 0 Å². The van der Waals surface area contributed by atoms with Crippen LogP contribution in [-0.2, 0) is 10.0 Å². The summed E-state index contributed by atoms with van der Waals surface area (Å²) in [4.78, 5) is 4.57. The van der Waals surface area contributed by atoms with Gasteiger partial charge in [0.15, 0.2) is 0 Å². The molecule has 0 saturated heterocycles. The van der Waals surface area contributed by atoms with Crippen molar-refractivity contribution < 1.29 is 17.9 Å². The van der Waals surface area contributed by atoms with E-state index in [4.69, 9.17) is 9.47 Å². The highest BCUT2D eigenvalue weighted by molar-refractivity contribution is 7.93. The Labute approximate surface area is 183 Å². The molecule has 7 heteroatoms. The maximum absolute atomic E-state index is 13.4. The molecular weight excluding hydrogens is 412 g/mol. The molecule has 3 rings (SSSR count). The first-order chi connectivity index (χ1) is 14.9. The van der Waals surface area contributed by atoms with E-state index in [0.717, 1.165) is 11.3 Å². The Hall–Kier alpha value is -3.32. The molecule has 0 aromatic heterocycles. The topological polar surface area (TPSA) is 68.2 Å². The molecule has 162 valence electrons. The fraction of sp³-hybridized carbons (Fsp3) is 0.208. The van der Waals surface area contributed by atoms with Gasteiger partial charge in [0.25, 0.3) is 10.0 Å². The average molecular weight is 439 g/mol. The second kappa shape index (κ2) is 10.1. The van der Waals surface area contributed by atoms with Crippen molar-refractivity contribution in [3.05, 3.63) is 78.4 Å². The largest absolute Gasteiger partial charge is 0.494 e. The van der Waals surface area contributed by atoms with Crippen molar-refractivity contribution in [2.24, 2.45) is 4.99 Å². The van der Waals surface area contributed by atoms with Crippen molar-refractivity contribution >= 4 is 27.7 Å². The molecule has 0 aliphatic heterocycles. The smallest absolute Gasteiger partial charge is 0.269 e. The summed E-state index contributed by atoms with van der Waals surface area (Å²) in [6.45, 7) is 6.82. The first-order valence-corrected chi connectivity index (χ1v) is 11.5. The summed E-state index contributed by atoms with van der Waals surface area (Å²) in [5.74, 6) is 1.40. The van der Waals surface area contributed by atoms with Crippen molar-refractivity contribution in [3.63, 3.8) is 0 Å². The number of nitrogens with zero attached hydrogens (tertiary/aromatic N) is 2. The van der Waals surface area contributed by atoms with Crippen molar-refractivity contribution in [3.8, 4) is 11.5 Å². The number of benzene rings is 3. The number of anilines is 1. The van der Waals surface area contributed by atoms with Crippen LogP contribution in [0.15, 0.2) is 82.7 Å². The van der Waals surface area contributed by atoms with Crippen LogP contribution in [-0.4, -0.2) is 28.0 Å². The van der Waals surface area contributed by atoms with Gasteiger partial charge in [0.2, 0.25) is 0 Å². The number of ether oxygens (including phenoxy) is 2. The minimum Gasteiger partial charge on any atom is -0.494 e. The standard InChI is InChI=1S/C24H26N2O4S/c1-4-29-22-12-8-20(9-13-22)25-18-26(21-10-14-23(15-11-21)30-5-2)31(27,28)24-16-6-19(3)7-17-24/h6-18H,4-5H2,1-3H3. The zero-order valence-corrected chi connectivity index (χ0v) is 18.7. The van der Waals surface area contributed by atoms with E-state index in [-0.39, 0.29) is 4.90 Å². The predicted octanol–water partition coefficient (Wildman–Crippen LogP) is 5.35. The minimum atomic E-state index is -3.86. The SMILES string of the molecule is CCOc1ccc(N=CN(c2ccc(OCC)cc2)S(=O)(=O)c2ccc(C)cc2)cc1. The third kappa shape index (κ3) is 5.64. The first-order valence-electron chi connectivity index (χ1n) is 10.0. The molecular formula is C24H26N2O4S. The Morgan fingerprint density at radius 1 is 0.806 bits per heavy atom. The van der Waals surface area contributed by atoms with Gasteiger partial charge in [0.05, 0.1) is 29.5 Å². The van der Waals surface area contributed by atoms with Crippen LogP contribution in [0, 0.1) is 6.92 Å². The van der Waals surface area contributed by atoms with E-state index in [2.05, 4.69) is 4.99 Å². The zero-order chi connectivity index (χ0) is 22.3. The summed E-state index contributed by atoms with van der Waals surface area (Å²) in [5.41, 5.74) is 2.05. The van der Waals surface area contributed by atoms with Crippen LogP contribution < -0.4 is 13.8 Å². The van der Waals surface area contributed by atoms with Gasteiger partial charge in [-0.15, -0.1) is 0 Å². The average Bonchev–Trinajstić information content (AvgIpc) is 2.77. The molecule has 0 spiro atoms. The van der Waals surface area contributed by atoms with Crippen LogP contribution in [0.4, 0.5) is 11.4 Å². The number of hydrogen-bond donors (Lipinski definition) is 0. The van der Waals surface area contributed by atoms with Crippen LogP contribution in [0.1, 0.15) is 19.4 Å². The summed E-state index contributed by atoms with van der Waals surface area (Å²) in [7, 11) is -3.86. The zero-order valence-electron chi connectivity index (χ0n) is 17.9. The lowest BCUT2D eigenvalue weighted by atomic mass is 10.2. The van der Waals surface area contributed by atoms with Gasteiger partial charge in [-0.25, -0.2) is 17.7 Å². The predicted molar refractivity (Wildman–Crippen MR) is 124 cm³/mol. The molecule has 3 aromatic carbocycles. The van der Waals surface area contributed by atoms with E-state index < -0.39 is 10.0 Å². The summed E-state index contributed by atoms with van der Waals surface area (Å²) in [5, 5.41) is 0. The molecule has 0 amide bonds. The van der Waals surface area contributed by atoms with Gasteiger partial charge >= 0.3 is 0 Å². The molecule has 31 heavy (non-hydrogen) atoms. The number of aliphatic imine (C=N–C) groups is 1. The lowest BCUT2D eigenvalue weighted by Crippen LogP contribution is -2.29. The van der Waals surface area contributed by atoms with Gasteiger partial charge in [0.1, 0.15) is 17.8 Å². The van der Waals surface area contributed by atoms with Gasteiger partial charge in [-0.1, -0.05) is 17.7 Å². The molecule has 0 fully saturated rings. The first kappa shape index (κ1) is 22.4. The monoisotopic (exact) mass is 438 g/mol. The van der Waals surface area contributed by atoms with Crippen LogP contribution in [0.3, 0.4) is 0 Å². The molecule has 0 unspecified atom stereocenters. The normalized spacial score (nSPS) is 11.5. The fourth-order valence-electron chi connectivity index (χ4n) is 2.86. The molecule has 0 radical (unpaired) electrons. The third-order valence-electron chi connectivity index (χ3n) is 4.44. The van der Waals surface area contributed by atoms with Gasteiger partial charge in [-0.2, -0.15) is 0 Å². The van der Waals surface area contributed by atoms with Gasteiger partial charge in [-0.3, -0.25) is 0 Å². The maximum atomic E-state index is 13.4. The fourth-order valence-corrected chi connectivity index (χ4v) is 4.14. The van der Waals surface area contributed by atoms with Crippen LogP contribution in [0.5, 0.6) is 11.5 Å². The molecule has 0 atom stereocenters. The molecule has 0 bridgehead atoms. The second-order valence-corrected chi connectivity index (χ2v) is 8.53. The van der Waals surface area contributed by atoms with Crippen molar-refractivity contribution in [2.45, 2.75) is 25.7 Å². The highest BCUT2D eigenvalue weighted by Crippen LogP contribution is 2.26. The Morgan fingerprint density at radius 2 is 1.32 bits per heavy atom. The summed E-state index contributed by atoms with van der Waals surface area (Å²) in [6, 6.07) is 20.7. The van der Waals surface area contributed by atoms with Crippen LogP contribution in [0.2, 0.25) is 0 Å². The molecule has 0 heterocycles. The van der Waals surface area contributed by atoms with Crippen LogP contribution in [0.25, 0.3) is 0 Å². The summed E-state index contributed by atoms with van der Waals surface area (Å²) < 4.78 is 38.9. The van der Waals surface area contributed by atoms with Crippen molar-refractivity contribution in [1.29, 1.82) is 0 Å². The number of sulfonamides is 1. The Bertz CT molecular complexity index is 1110. The lowest BCUT2D eigenvalue weighted by molar-refractivity contribution is 0.340. The van der Waals surface area contributed by atoms with Crippen molar-refractivity contribution in [2.75, 3.05) is 17.5 Å². The molecule has 0 aliphatic carbocycles. The second-order valence-electron chi connectivity index (χ2n) is 6.71. The summed E-state index contributed by atoms with van der Waals surface area (Å²) >= 11 is 0. The third-order valence-corrected chi connectivity index (χ3v) is 6.13. The van der Waals surface area contributed by atoms with E-state index in [0.29, 0.717) is 30.3 Å². The molecule has 6 nitrogen and oxygen atoms in total.